The van der Waals surface area contributed by atoms with Gasteiger partial charge in [0.15, 0.2) is 17.6 Å². The summed E-state index contributed by atoms with van der Waals surface area (Å²) in [6.45, 7) is 1.75. The molecule has 3 fully saturated rings. The van der Waals surface area contributed by atoms with Gasteiger partial charge in [-0.15, -0.1) is 0 Å². The molecule has 6 rings (SSSR count). The van der Waals surface area contributed by atoms with Crippen molar-refractivity contribution in [1.29, 1.82) is 0 Å². The van der Waals surface area contributed by atoms with Crippen molar-refractivity contribution in [3.05, 3.63) is 24.6 Å². The molecule has 7 heteroatoms. The van der Waals surface area contributed by atoms with Gasteiger partial charge in [0.05, 0.1) is 25.6 Å². The molecule has 7 nitrogen and oxygen atoms in total. The van der Waals surface area contributed by atoms with Crippen LogP contribution in [0.15, 0.2) is 6.07 Å². The summed E-state index contributed by atoms with van der Waals surface area (Å²) in [4.78, 5) is 12.9. The number of ether oxygens (including phenoxy) is 1. The van der Waals surface area contributed by atoms with Gasteiger partial charge in [-0.2, -0.15) is 0 Å². The molecule has 3 aliphatic carbocycles. The van der Waals surface area contributed by atoms with Crippen LogP contribution >= 0.6 is 0 Å². The Labute approximate surface area is 170 Å². The maximum absolute atomic E-state index is 12.9. The molecule has 0 aromatic heterocycles. The minimum atomic E-state index is -1.33. The number of nitrogens with zero attached hydrogens (tertiary/aromatic N) is 1. The van der Waals surface area contributed by atoms with E-state index in [2.05, 4.69) is 7.05 Å². The van der Waals surface area contributed by atoms with Crippen LogP contribution in [0.2, 0.25) is 0 Å². The number of quaternary nitrogens is 1. The van der Waals surface area contributed by atoms with Crippen molar-refractivity contribution in [2.75, 3.05) is 20.1 Å². The Bertz CT molecular complexity index is 928. The zero-order chi connectivity index (χ0) is 19.6. The fourth-order valence-electron chi connectivity index (χ4n) is 7.02. The third-order valence-corrected chi connectivity index (χ3v) is 8.43. The van der Waals surface area contributed by atoms with E-state index in [1.807, 2.05) is 0 Å². The number of likely N-dealkylation sites (N-methyl/N-ethyl adjacent to an activating group) is 1. The predicted molar refractivity (Wildman–Crippen MR) is 104 cm³/mol. The van der Waals surface area contributed by atoms with Gasteiger partial charge in [0.2, 0.25) is 5.78 Å². The number of aliphatic hydroxyl groups is 2. The quantitative estimate of drug-likeness (QED) is 0.430. The summed E-state index contributed by atoms with van der Waals surface area (Å²) in [6, 6.07) is 1.03. The van der Waals surface area contributed by atoms with Crippen LogP contribution in [-0.2, 0) is 16.6 Å². The third-order valence-electron chi connectivity index (χ3n) is 8.43. The van der Waals surface area contributed by atoms with E-state index in [-0.39, 0.29) is 37.1 Å². The molecule has 1 aromatic rings. The topological polar surface area (TPSA) is 107 Å². The van der Waals surface area contributed by atoms with Crippen LogP contribution in [0, 0.1) is 13.3 Å². The molecule has 29 heavy (non-hydrogen) atoms. The molecule has 1 saturated heterocycles. The average molecular weight is 403 g/mol. The zero-order valence-corrected chi connectivity index (χ0v) is 16.9. The summed E-state index contributed by atoms with van der Waals surface area (Å²) in [5, 5.41) is 43.8. The highest BCUT2D eigenvalue weighted by molar-refractivity contribution is 5.93. The maximum atomic E-state index is 12.9. The van der Waals surface area contributed by atoms with Crippen LogP contribution in [0.5, 0.6) is 17.2 Å². The average Bonchev–Trinajstić information content (AvgIpc) is 3.34. The van der Waals surface area contributed by atoms with E-state index in [0.29, 0.717) is 34.4 Å². The van der Waals surface area contributed by atoms with Gasteiger partial charge in [-0.05, 0) is 12.8 Å². The highest BCUT2D eigenvalue weighted by Gasteiger charge is 2.78. The lowest BCUT2D eigenvalue weighted by Gasteiger charge is -2.64. The largest absolute Gasteiger partial charge is 0.508 e. The molecule has 2 saturated carbocycles. The number of piperidine rings is 1. The van der Waals surface area contributed by atoms with E-state index >= 15 is 0 Å². The van der Waals surface area contributed by atoms with Crippen LogP contribution in [-0.4, -0.2) is 74.7 Å². The first kappa shape index (κ1) is 19.2. The zero-order valence-electron chi connectivity index (χ0n) is 16.9. The van der Waals surface area contributed by atoms with Crippen LogP contribution in [0.1, 0.15) is 36.8 Å². The van der Waals surface area contributed by atoms with E-state index in [1.54, 1.807) is 0 Å². The monoisotopic (exact) mass is 403 g/mol. The van der Waals surface area contributed by atoms with Gasteiger partial charge >= 0.3 is 0 Å². The molecule has 4 N–H and O–H groups in total. The molecule has 1 aromatic carbocycles. The number of benzene rings is 1. The summed E-state index contributed by atoms with van der Waals surface area (Å²) < 4.78 is 6.61. The second kappa shape index (κ2) is 5.45. The number of ketones is 1. The lowest BCUT2D eigenvalue weighted by Crippen LogP contribution is -2.82. The van der Waals surface area contributed by atoms with Crippen molar-refractivity contribution in [2.24, 2.45) is 5.92 Å². The predicted octanol–water partition coefficient (Wildman–Crippen LogP) is 0.797. The molecular formula is C22H29NO6. The van der Waals surface area contributed by atoms with Crippen molar-refractivity contribution < 1.29 is 34.4 Å². The summed E-state index contributed by atoms with van der Waals surface area (Å²) in [6.07, 6.45) is 1.03. The lowest BCUT2D eigenvalue weighted by atomic mass is 9.48. The summed E-state index contributed by atoms with van der Waals surface area (Å²) in [5.41, 5.74) is -1.08. The van der Waals surface area contributed by atoms with Gasteiger partial charge in [-0.1, -0.05) is 0 Å². The number of aliphatic hydroxyl groups excluding tert-OH is 1. The van der Waals surface area contributed by atoms with Crippen molar-refractivity contribution >= 4 is 5.78 Å². The standard InChI is InChI=1S/C21H25NO6.CH3/c1-22(9-10-2-3-10)5-4-20-16-11-6-15(22)21(20,27)8-14(25)17(26)19(20)28-18(16)13(24)7-12(11)23;/h7,10,14-15,19,25,27H,2-6,8-9H2,1H3,(H-,23,24);1H3/q;-1/p+1/t14?,15-,19+,20+,21-,22-;/m1./s1. The Hall–Kier alpha value is -1.83. The summed E-state index contributed by atoms with van der Waals surface area (Å²) in [7, 11) is 2.16. The van der Waals surface area contributed by atoms with E-state index in [0.717, 1.165) is 13.1 Å². The first-order valence-electron chi connectivity index (χ1n) is 10.2. The van der Waals surface area contributed by atoms with Gasteiger partial charge in [-0.3, -0.25) is 4.79 Å². The number of carbonyl (C=O) groups excluding carboxylic acids is 1. The Balaban J connectivity index is 0.00000181. The number of likely N-dealkylation sites (tertiary alicyclic amines) is 1. The SMILES string of the molecule is C[N@+]1(CC2CC2)CC[C@]23c4c5c(O)cc(O)c4O[C@H]2C(=O)C(O)C[C@@]3(O)[C@H]1C5.[CH3-]. The van der Waals surface area contributed by atoms with Crippen LogP contribution in [0.4, 0.5) is 0 Å². The van der Waals surface area contributed by atoms with E-state index < -0.39 is 29.0 Å². The van der Waals surface area contributed by atoms with Gasteiger partial charge in [-0.25, -0.2) is 0 Å². The molecule has 1 unspecified atom stereocenters. The molecule has 0 radical (unpaired) electrons. The number of phenolic OH excluding ortho intramolecular Hbond substituents is 2. The molecule has 158 valence electrons. The Morgan fingerprint density at radius 2 is 2.00 bits per heavy atom. The van der Waals surface area contributed by atoms with Crippen LogP contribution < -0.4 is 4.74 Å². The van der Waals surface area contributed by atoms with Gasteiger partial charge < -0.3 is 37.1 Å². The highest BCUT2D eigenvalue weighted by Crippen LogP contribution is 2.67. The van der Waals surface area contributed by atoms with Crippen molar-refractivity contribution in [2.45, 2.75) is 61.4 Å². The number of rotatable bonds is 2. The Kier molecular flexibility index (Phi) is 3.60. The molecule has 0 amide bonds. The lowest BCUT2D eigenvalue weighted by molar-refractivity contribution is -0.950. The normalized spacial score (nSPS) is 44.0. The number of aromatic hydroxyl groups is 2. The number of carbonyl (C=O) groups is 1. The molecule has 6 atom stereocenters. The number of hydrogen-bond acceptors (Lipinski definition) is 6. The number of Topliss-reactive ketones (excluding diaryl/α,β-unsaturated/α-hetero) is 1. The van der Waals surface area contributed by atoms with Crippen molar-refractivity contribution in [3.8, 4) is 17.2 Å². The first-order valence-corrected chi connectivity index (χ1v) is 10.2. The van der Waals surface area contributed by atoms with E-state index in [9.17, 15) is 25.2 Å². The van der Waals surface area contributed by atoms with Crippen LogP contribution in [0.25, 0.3) is 0 Å². The fraction of sp³-hybridized carbons (Fsp3) is 0.636. The molecular weight excluding hydrogens is 374 g/mol. The van der Waals surface area contributed by atoms with E-state index in [4.69, 9.17) is 4.74 Å². The first-order chi connectivity index (χ1) is 13.2. The smallest absolute Gasteiger partial charge is 0.202 e. The minimum Gasteiger partial charge on any atom is -0.508 e. The second-order valence-corrected chi connectivity index (χ2v) is 9.91. The Morgan fingerprint density at radius 3 is 2.69 bits per heavy atom. The van der Waals surface area contributed by atoms with Gasteiger partial charge in [0.25, 0.3) is 0 Å². The summed E-state index contributed by atoms with van der Waals surface area (Å²) in [5.74, 6) is 0.174. The van der Waals surface area contributed by atoms with Gasteiger partial charge in [0.1, 0.15) is 23.5 Å². The molecule has 1 spiro atoms. The minimum absolute atomic E-state index is 0. The second-order valence-electron chi connectivity index (χ2n) is 9.91. The van der Waals surface area contributed by atoms with Crippen molar-refractivity contribution in [3.63, 3.8) is 0 Å². The maximum Gasteiger partial charge on any atom is 0.202 e. The highest BCUT2D eigenvalue weighted by atomic mass is 16.5. The Morgan fingerprint density at radius 1 is 1.28 bits per heavy atom. The fourth-order valence-corrected chi connectivity index (χ4v) is 7.02. The number of phenols is 2. The van der Waals surface area contributed by atoms with E-state index in [1.165, 1.54) is 18.9 Å². The third kappa shape index (κ3) is 2.01. The molecule has 2 bridgehead atoms. The van der Waals surface area contributed by atoms with Crippen molar-refractivity contribution in [1.82, 2.24) is 0 Å². The molecule has 5 aliphatic rings. The number of hydrogen-bond donors (Lipinski definition) is 4. The molecule has 2 heterocycles. The summed E-state index contributed by atoms with van der Waals surface area (Å²) >= 11 is 0. The van der Waals surface area contributed by atoms with Gasteiger partial charge in [0, 0.05) is 42.4 Å². The van der Waals surface area contributed by atoms with Crippen LogP contribution in [0.3, 0.4) is 0 Å². The molecule has 2 aliphatic heterocycles.